The molecule has 0 unspecified atom stereocenters. The standard InChI is InChI=1S/C15H18N2OS/c1-4-9-18-13-8-6-5-7-12(13)14-15(19)17-11(3)10(2)16-14/h5-8H,4,9H2,1-3H3,(H,17,19). The maximum atomic E-state index is 5.77. The predicted octanol–water partition coefficient (Wildman–Crippen LogP) is 4.21. The van der Waals surface area contributed by atoms with E-state index in [1.54, 1.807) is 0 Å². The van der Waals surface area contributed by atoms with E-state index in [4.69, 9.17) is 17.0 Å². The van der Waals surface area contributed by atoms with Crippen LogP contribution in [-0.4, -0.2) is 16.6 Å². The Labute approximate surface area is 118 Å². The Kier molecular flexibility index (Phi) is 4.32. The van der Waals surface area contributed by atoms with Crippen molar-refractivity contribution < 1.29 is 4.74 Å². The summed E-state index contributed by atoms with van der Waals surface area (Å²) in [6.07, 6.45) is 0.974. The Hall–Kier alpha value is -1.68. The highest BCUT2D eigenvalue weighted by atomic mass is 32.1. The van der Waals surface area contributed by atoms with Gasteiger partial charge in [0, 0.05) is 11.3 Å². The molecule has 19 heavy (non-hydrogen) atoms. The monoisotopic (exact) mass is 274 g/mol. The Morgan fingerprint density at radius 2 is 2.00 bits per heavy atom. The van der Waals surface area contributed by atoms with Gasteiger partial charge in [0.25, 0.3) is 0 Å². The lowest BCUT2D eigenvalue weighted by Crippen LogP contribution is -2.00. The number of hydrogen-bond acceptors (Lipinski definition) is 3. The molecule has 0 radical (unpaired) electrons. The molecule has 1 aromatic heterocycles. The van der Waals surface area contributed by atoms with Crippen LogP contribution in [0.1, 0.15) is 24.7 Å². The molecule has 1 N–H and O–H groups in total. The summed E-state index contributed by atoms with van der Waals surface area (Å²) >= 11 is 5.38. The average Bonchev–Trinajstić information content (AvgIpc) is 2.41. The van der Waals surface area contributed by atoms with Crippen LogP contribution in [0.15, 0.2) is 24.3 Å². The number of aromatic amines is 1. The van der Waals surface area contributed by atoms with Crippen LogP contribution >= 0.6 is 12.2 Å². The molecule has 4 heteroatoms. The topological polar surface area (TPSA) is 37.9 Å². The first kappa shape index (κ1) is 13.7. The van der Waals surface area contributed by atoms with Crippen LogP contribution in [0.3, 0.4) is 0 Å². The number of nitrogens with zero attached hydrogens (tertiary/aromatic N) is 1. The van der Waals surface area contributed by atoms with E-state index < -0.39 is 0 Å². The smallest absolute Gasteiger partial charge is 0.130 e. The molecule has 0 atom stereocenters. The van der Waals surface area contributed by atoms with Gasteiger partial charge < -0.3 is 9.72 Å². The molecule has 100 valence electrons. The van der Waals surface area contributed by atoms with Gasteiger partial charge in [0.05, 0.1) is 12.3 Å². The lowest BCUT2D eigenvalue weighted by Gasteiger charge is -2.11. The minimum atomic E-state index is 0.649. The van der Waals surface area contributed by atoms with Gasteiger partial charge in [-0.1, -0.05) is 31.3 Å². The van der Waals surface area contributed by atoms with Gasteiger partial charge in [-0.2, -0.15) is 0 Å². The summed E-state index contributed by atoms with van der Waals surface area (Å²) in [5.41, 5.74) is 3.68. The van der Waals surface area contributed by atoms with E-state index in [1.807, 2.05) is 38.1 Å². The van der Waals surface area contributed by atoms with Crippen molar-refractivity contribution in [1.29, 1.82) is 0 Å². The fraction of sp³-hybridized carbons (Fsp3) is 0.333. The van der Waals surface area contributed by atoms with Gasteiger partial charge >= 0.3 is 0 Å². The summed E-state index contributed by atoms with van der Waals surface area (Å²) < 4.78 is 6.41. The highest BCUT2D eigenvalue weighted by Gasteiger charge is 2.10. The number of aryl methyl sites for hydroxylation is 2. The summed E-state index contributed by atoms with van der Waals surface area (Å²) in [6.45, 7) is 6.72. The van der Waals surface area contributed by atoms with Crippen LogP contribution < -0.4 is 4.74 Å². The second-order valence-corrected chi connectivity index (χ2v) is 4.88. The van der Waals surface area contributed by atoms with Crippen molar-refractivity contribution in [3.8, 4) is 17.0 Å². The zero-order valence-corrected chi connectivity index (χ0v) is 12.3. The number of aromatic nitrogens is 2. The van der Waals surface area contributed by atoms with Crippen LogP contribution in [0, 0.1) is 18.5 Å². The van der Waals surface area contributed by atoms with Gasteiger partial charge in [0.1, 0.15) is 16.1 Å². The molecule has 0 aliphatic heterocycles. The molecular weight excluding hydrogens is 256 g/mol. The summed E-state index contributed by atoms with van der Waals surface area (Å²) in [7, 11) is 0. The highest BCUT2D eigenvalue weighted by Crippen LogP contribution is 2.29. The molecule has 0 saturated heterocycles. The van der Waals surface area contributed by atoms with Crippen molar-refractivity contribution in [3.63, 3.8) is 0 Å². The zero-order valence-electron chi connectivity index (χ0n) is 11.5. The van der Waals surface area contributed by atoms with E-state index in [9.17, 15) is 0 Å². The van der Waals surface area contributed by atoms with E-state index in [0.717, 1.165) is 34.8 Å². The molecule has 0 aliphatic carbocycles. The first-order chi connectivity index (χ1) is 9.13. The van der Waals surface area contributed by atoms with Crippen LogP contribution in [0.25, 0.3) is 11.3 Å². The predicted molar refractivity (Wildman–Crippen MR) is 80.1 cm³/mol. The third kappa shape index (κ3) is 3.01. The minimum Gasteiger partial charge on any atom is -0.493 e. The van der Waals surface area contributed by atoms with Crippen molar-refractivity contribution in [2.45, 2.75) is 27.2 Å². The SMILES string of the molecule is CCCOc1ccccc1-c1nc(C)c(C)[nH]c1=S. The van der Waals surface area contributed by atoms with Crippen LogP contribution in [0.2, 0.25) is 0 Å². The molecule has 2 aromatic rings. The fourth-order valence-electron chi connectivity index (χ4n) is 1.80. The van der Waals surface area contributed by atoms with E-state index in [1.165, 1.54) is 0 Å². The first-order valence-corrected chi connectivity index (χ1v) is 6.84. The fourth-order valence-corrected chi connectivity index (χ4v) is 2.11. The lowest BCUT2D eigenvalue weighted by molar-refractivity contribution is 0.318. The number of para-hydroxylation sites is 1. The molecule has 1 heterocycles. The molecule has 1 aromatic carbocycles. The Morgan fingerprint density at radius 3 is 2.74 bits per heavy atom. The summed E-state index contributed by atoms with van der Waals surface area (Å²) in [5.74, 6) is 0.833. The third-order valence-electron chi connectivity index (χ3n) is 2.94. The van der Waals surface area contributed by atoms with Gasteiger partial charge in [-0.3, -0.25) is 0 Å². The second kappa shape index (κ2) is 5.97. The van der Waals surface area contributed by atoms with Crippen molar-refractivity contribution in [2.75, 3.05) is 6.61 Å². The number of benzene rings is 1. The van der Waals surface area contributed by atoms with E-state index >= 15 is 0 Å². The lowest BCUT2D eigenvalue weighted by atomic mass is 10.1. The first-order valence-electron chi connectivity index (χ1n) is 6.43. The maximum absolute atomic E-state index is 5.77. The van der Waals surface area contributed by atoms with E-state index in [0.29, 0.717) is 11.2 Å². The summed E-state index contributed by atoms with van der Waals surface area (Å²) in [4.78, 5) is 7.78. The zero-order chi connectivity index (χ0) is 13.8. The molecule has 2 rings (SSSR count). The number of nitrogens with one attached hydrogen (secondary N) is 1. The van der Waals surface area contributed by atoms with E-state index in [2.05, 4.69) is 16.9 Å². The molecule has 0 amide bonds. The Balaban J connectivity index is 2.53. The third-order valence-corrected chi connectivity index (χ3v) is 3.24. The molecule has 3 nitrogen and oxygen atoms in total. The van der Waals surface area contributed by atoms with Gasteiger partial charge in [-0.05, 0) is 32.4 Å². The molecule has 0 saturated carbocycles. The number of ether oxygens (including phenoxy) is 1. The minimum absolute atomic E-state index is 0.649. The number of hydrogen-bond donors (Lipinski definition) is 1. The largest absolute Gasteiger partial charge is 0.493 e. The number of rotatable bonds is 4. The van der Waals surface area contributed by atoms with Crippen molar-refractivity contribution in [2.24, 2.45) is 0 Å². The average molecular weight is 274 g/mol. The maximum Gasteiger partial charge on any atom is 0.130 e. The molecular formula is C15H18N2OS. The molecule has 0 fully saturated rings. The Bertz CT molecular complexity index is 634. The molecule has 0 spiro atoms. The highest BCUT2D eigenvalue weighted by molar-refractivity contribution is 7.71. The molecule has 0 bridgehead atoms. The van der Waals surface area contributed by atoms with Crippen molar-refractivity contribution >= 4 is 12.2 Å². The van der Waals surface area contributed by atoms with Crippen LogP contribution in [-0.2, 0) is 0 Å². The number of H-pyrrole nitrogens is 1. The summed E-state index contributed by atoms with van der Waals surface area (Å²) in [6, 6.07) is 7.88. The van der Waals surface area contributed by atoms with Gasteiger partial charge in [0.2, 0.25) is 0 Å². The second-order valence-electron chi connectivity index (χ2n) is 4.47. The van der Waals surface area contributed by atoms with Crippen molar-refractivity contribution in [1.82, 2.24) is 9.97 Å². The van der Waals surface area contributed by atoms with E-state index in [-0.39, 0.29) is 0 Å². The van der Waals surface area contributed by atoms with Crippen LogP contribution in [0.5, 0.6) is 5.75 Å². The normalized spacial score (nSPS) is 10.5. The quantitative estimate of drug-likeness (QED) is 0.849. The van der Waals surface area contributed by atoms with Crippen molar-refractivity contribution in [3.05, 3.63) is 40.3 Å². The van der Waals surface area contributed by atoms with Gasteiger partial charge in [-0.15, -0.1) is 0 Å². The van der Waals surface area contributed by atoms with Gasteiger partial charge in [-0.25, -0.2) is 4.98 Å². The Morgan fingerprint density at radius 1 is 1.26 bits per heavy atom. The van der Waals surface area contributed by atoms with Gasteiger partial charge in [0.15, 0.2) is 0 Å². The molecule has 0 aliphatic rings. The summed E-state index contributed by atoms with van der Waals surface area (Å²) in [5, 5.41) is 0. The van der Waals surface area contributed by atoms with Crippen LogP contribution in [0.4, 0.5) is 0 Å².